The minimum atomic E-state index is -0.347. The van der Waals surface area contributed by atoms with E-state index in [1.54, 1.807) is 31.3 Å². The lowest BCUT2D eigenvalue weighted by molar-refractivity contribution is -0.140. The molecule has 0 saturated heterocycles. The molecule has 0 fully saturated rings. The molecule has 7 nitrogen and oxygen atoms in total. The molecule has 0 spiro atoms. The third kappa shape index (κ3) is 4.36. The van der Waals surface area contributed by atoms with Crippen LogP contribution >= 0.6 is 0 Å². The maximum atomic E-state index is 12.3. The van der Waals surface area contributed by atoms with E-state index in [1.165, 1.54) is 11.8 Å². The summed E-state index contributed by atoms with van der Waals surface area (Å²) in [5, 5.41) is 3.96. The smallest absolute Gasteiger partial charge is 0.307 e. The predicted molar refractivity (Wildman–Crippen MR) is 67.6 cm³/mol. The van der Waals surface area contributed by atoms with E-state index < -0.39 is 0 Å². The highest BCUT2D eigenvalue weighted by Gasteiger charge is 2.19. The van der Waals surface area contributed by atoms with Crippen molar-refractivity contribution in [2.45, 2.75) is 6.42 Å². The average molecular weight is 269 g/mol. The van der Waals surface area contributed by atoms with Gasteiger partial charge in [0.1, 0.15) is 5.69 Å². The van der Waals surface area contributed by atoms with E-state index in [9.17, 15) is 9.59 Å². The second-order valence-corrected chi connectivity index (χ2v) is 3.95. The van der Waals surface area contributed by atoms with Crippen molar-refractivity contribution in [3.8, 4) is 0 Å². The minimum absolute atomic E-state index is 0.157. The fourth-order valence-electron chi connectivity index (χ4n) is 1.59. The molecule has 0 aliphatic rings. The van der Waals surface area contributed by atoms with Gasteiger partial charge in [0.15, 0.2) is 0 Å². The van der Waals surface area contributed by atoms with Crippen LogP contribution in [0.5, 0.6) is 0 Å². The molecule has 0 aliphatic carbocycles. The van der Waals surface area contributed by atoms with Gasteiger partial charge < -0.3 is 14.4 Å². The molecule has 1 aromatic rings. The molecule has 7 heteroatoms. The Hall–Kier alpha value is -1.89. The van der Waals surface area contributed by atoms with Gasteiger partial charge in [0, 0.05) is 33.4 Å². The van der Waals surface area contributed by atoms with Crippen LogP contribution in [0.3, 0.4) is 0 Å². The van der Waals surface area contributed by atoms with Crippen LogP contribution in [0.2, 0.25) is 0 Å². The first-order chi connectivity index (χ1) is 9.10. The Morgan fingerprint density at radius 1 is 1.37 bits per heavy atom. The van der Waals surface area contributed by atoms with Crippen molar-refractivity contribution in [3.63, 3.8) is 0 Å². The summed E-state index contributed by atoms with van der Waals surface area (Å²) in [4.78, 5) is 25.0. The average Bonchev–Trinajstić information content (AvgIpc) is 2.84. The third-order valence-corrected chi connectivity index (χ3v) is 2.71. The van der Waals surface area contributed by atoms with Gasteiger partial charge in [-0.05, 0) is 6.07 Å². The summed E-state index contributed by atoms with van der Waals surface area (Å²) in [5.74, 6) is -0.527. The zero-order chi connectivity index (χ0) is 14.3. The molecule has 1 aromatic heterocycles. The maximum absolute atomic E-state index is 12.3. The first-order valence-electron chi connectivity index (χ1n) is 5.93. The lowest BCUT2D eigenvalue weighted by atomic mass is 10.3. The molecule has 106 valence electrons. The maximum Gasteiger partial charge on any atom is 0.307 e. The summed E-state index contributed by atoms with van der Waals surface area (Å²) in [6, 6.07) is 1.64. The molecular weight excluding hydrogens is 250 g/mol. The number of aryl methyl sites for hydroxylation is 1. The number of methoxy groups -OCH3 is 2. The fraction of sp³-hybridized carbons (Fsp3) is 0.583. The Balaban J connectivity index is 2.70. The first kappa shape index (κ1) is 15.2. The number of amides is 1. The highest BCUT2D eigenvalue weighted by Crippen LogP contribution is 2.05. The normalized spacial score (nSPS) is 10.3. The van der Waals surface area contributed by atoms with Crippen LogP contribution in [0.1, 0.15) is 16.9 Å². The molecule has 0 bridgehead atoms. The van der Waals surface area contributed by atoms with Crippen molar-refractivity contribution >= 4 is 11.9 Å². The van der Waals surface area contributed by atoms with Gasteiger partial charge in [-0.25, -0.2) is 0 Å². The summed E-state index contributed by atoms with van der Waals surface area (Å²) < 4.78 is 11.0. The van der Waals surface area contributed by atoms with Crippen molar-refractivity contribution < 1.29 is 19.1 Å². The zero-order valence-electron chi connectivity index (χ0n) is 11.5. The van der Waals surface area contributed by atoms with Gasteiger partial charge >= 0.3 is 5.97 Å². The summed E-state index contributed by atoms with van der Waals surface area (Å²) in [6.07, 6.45) is 1.71. The van der Waals surface area contributed by atoms with Crippen molar-refractivity contribution in [3.05, 3.63) is 18.0 Å². The van der Waals surface area contributed by atoms with E-state index >= 15 is 0 Å². The number of carbonyl (C=O) groups is 2. The Morgan fingerprint density at radius 2 is 2.11 bits per heavy atom. The molecule has 1 rings (SSSR count). The molecule has 0 saturated carbocycles. The lowest BCUT2D eigenvalue weighted by Crippen LogP contribution is -2.36. The summed E-state index contributed by atoms with van der Waals surface area (Å²) >= 11 is 0. The Morgan fingerprint density at radius 3 is 2.63 bits per heavy atom. The van der Waals surface area contributed by atoms with Crippen LogP contribution < -0.4 is 0 Å². The predicted octanol–water partition coefficient (Wildman–Crippen LogP) is 0.0718. The first-order valence-corrected chi connectivity index (χ1v) is 5.93. The molecule has 0 N–H and O–H groups in total. The Kier molecular flexibility index (Phi) is 6.01. The molecule has 19 heavy (non-hydrogen) atoms. The number of aromatic nitrogens is 2. The standard InChI is InChI=1S/C12H19N3O4/c1-14-10(4-6-13-14)12(17)15(8-9-18-2)7-5-11(16)19-3/h4,6H,5,7-9H2,1-3H3. The van der Waals surface area contributed by atoms with Gasteiger partial charge in [0.25, 0.3) is 5.91 Å². The van der Waals surface area contributed by atoms with Gasteiger partial charge in [-0.15, -0.1) is 0 Å². The van der Waals surface area contributed by atoms with Gasteiger partial charge in [-0.1, -0.05) is 0 Å². The van der Waals surface area contributed by atoms with Gasteiger partial charge in [0.2, 0.25) is 0 Å². The van der Waals surface area contributed by atoms with Crippen LogP contribution in [0.4, 0.5) is 0 Å². The summed E-state index contributed by atoms with van der Waals surface area (Å²) in [6.45, 7) is 1.11. The number of nitrogens with zero attached hydrogens (tertiary/aromatic N) is 3. The van der Waals surface area contributed by atoms with Crippen molar-refractivity contribution in [2.24, 2.45) is 7.05 Å². The van der Waals surface area contributed by atoms with Crippen LogP contribution in [-0.2, 0) is 21.3 Å². The number of esters is 1. The number of carbonyl (C=O) groups excluding carboxylic acids is 2. The van der Waals surface area contributed by atoms with E-state index in [4.69, 9.17) is 4.74 Å². The lowest BCUT2D eigenvalue weighted by Gasteiger charge is -2.21. The minimum Gasteiger partial charge on any atom is -0.469 e. The Bertz CT molecular complexity index is 430. The molecule has 1 amide bonds. The molecular formula is C12H19N3O4. The van der Waals surface area contributed by atoms with Crippen LogP contribution in [0.25, 0.3) is 0 Å². The second-order valence-electron chi connectivity index (χ2n) is 3.95. The Labute approximate surface area is 112 Å². The highest BCUT2D eigenvalue weighted by atomic mass is 16.5. The highest BCUT2D eigenvalue weighted by molar-refractivity contribution is 5.92. The van der Waals surface area contributed by atoms with E-state index in [0.29, 0.717) is 25.4 Å². The van der Waals surface area contributed by atoms with Gasteiger partial charge in [-0.2, -0.15) is 5.10 Å². The zero-order valence-corrected chi connectivity index (χ0v) is 11.5. The van der Waals surface area contributed by atoms with E-state index in [1.807, 2.05) is 0 Å². The van der Waals surface area contributed by atoms with Crippen molar-refractivity contribution in [1.82, 2.24) is 14.7 Å². The quantitative estimate of drug-likeness (QED) is 0.655. The molecule has 1 heterocycles. The van der Waals surface area contributed by atoms with Gasteiger partial charge in [0.05, 0.1) is 20.1 Å². The summed E-state index contributed by atoms with van der Waals surface area (Å²) in [5.41, 5.74) is 0.473. The van der Waals surface area contributed by atoms with Crippen LogP contribution in [0.15, 0.2) is 12.3 Å². The van der Waals surface area contributed by atoms with E-state index in [0.717, 1.165) is 0 Å². The fourth-order valence-corrected chi connectivity index (χ4v) is 1.59. The number of rotatable bonds is 7. The number of hydrogen-bond acceptors (Lipinski definition) is 5. The SMILES string of the molecule is COCCN(CCC(=O)OC)C(=O)c1ccnn1C. The second kappa shape index (κ2) is 7.52. The molecule has 0 atom stereocenters. The summed E-state index contributed by atoms with van der Waals surface area (Å²) in [7, 11) is 4.58. The van der Waals surface area contributed by atoms with E-state index in [-0.39, 0.29) is 18.3 Å². The number of ether oxygens (including phenoxy) is 2. The molecule has 0 aliphatic heterocycles. The van der Waals surface area contributed by atoms with Crippen molar-refractivity contribution in [2.75, 3.05) is 33.9 Å². The van der Waals surface area contributed by atoms with Crippen molar-refractivity contribution in [1.29, 1.82) is 0 Å². The largest absolute Gasteiger partial charge is 0.469 e. The van der Waals surface area contributed by atoms with Crippen LogP contribution in [-0.4, -0.2) is 60.5 Å². The third-order valence-electron chi connectivity index (χ3n) is 2.71. The van der Waals surface area contributed by atoms with Gasteiger partial charge in [-0.3, -0.25) is 14.3 Å². The molecule has 0 radical (unpaired) electrons. The topological polar surface area (TPSA) is 73.7 Å². The molecule has 0 unspecified atom stereocenters. The number of hydrogen-bond donors (Lipinski definition) is 0. The van der Waals surface area contributed by atoms with E-state index in [2.05, 4.69) is 9.84 Å². The van der Waals surface area contributed by atoms with Crippen LogP contribution in [0, 0.1) is 0 Å². The monoisotopic (exact) mass is 269 g/mol. The molecule has 0 aromatic carbocycles.